The maximum Gasteiger partial charge on any atom is 0.387 e. The summed E-state index contributed by atoms with van der Waals surface area (Å²) in [6, 6.07) is 6.12. The second-order valence-corrected chi connectivity index (χ2v) is 3.16. The Bertz CT molecular complexity index is 438. The first-order chi connectivity index (χ1) is 7.54. The molecule has 84 valence electrons. The lowest BCUT2D eigenvalue weighted by atomic mass is 10.0. The van der Waals surface area contributed by atoms with Crippen molar-refractivity contribution in [1.29, 1.82) is 5.26 Å². The number of Topliss-reactive ketones (excluding diaryl/α,β-unsaturated/α-hetero) is 1. The minimum atomic E-state index is -3.01. The van der Waals surface area contributed by atoms with Gasteiger partial charge in [-0.1, -0.05) is 12.1 Å². The average molecular weight is 225 g/mol. The van der Waals surface area contributed by atoms with Crippen LogP contribution in [-0.2, 0) is 11.2 Å². The molecule has 0 aliphatic rings. The van der Waals surface area contributed by atoms with Crippen LogP contribution in [0.3, 0.4) is 0 Å². The standard InChI is InChI=1S/C11H9F2NO2/c1-7(15)5-8-3-2-4-9(6-14)10(8)16-11(12)13/h2-4,11H,5H2,1H3. The van der Waals surface area contributed by atoms with Crippen molar-refractivity contribution in [3.8, 4) is 11.8 Å². The number of hydrogen-bond donors (Lipinski definition) is 0. The topological polar surface area (TPSA) is 50.1 Å². The molecular weight excluding hydrogens is 216 g/mol. The number of carbonyl (C=O) groups is 1. The van der Waals surface area contributed by atoms with Crippen LogP contribution in [0.4, 0.5) is 8.78 Å². The van der Waals surface area contributed by atoms with Gasteiger partial charge in [-0.25, -0.2) is 0 Å². The van der Waals surface area contributed by atoms with Gasteiger partial charge in [0.1, 0.15) is 17.6 Å². The number of hydrogen-bond acceptors (Lipinski definition) is 3. The van der Waals surface area contributed by atoms with Gasteiger partial charge in [0.25, 0.3) is 0 Å². The maximum atomic E-state index is 12.1. The fourth-order valence-corrected chi connectivity index (χ4v) is 1.31. The second kappa shape index (κ2) is 5.21. The number of benzene rings is 1. The summed E-state index contributed by atoms with van der Waals surface area (Å²) in [6.45, 7) is -1.68. The van der Waals surface area contributed by atoms with E-state index in [4.69, 9.17) is 5.26 Å². The lowest BCUT2D eigenvalue weighted by molar-refractivity contribution is -0.116. The van der Waals surface area contributed by atoms with Crippen molar-refractivity contribution in [3.63, 3.8) is 0 Å². The molecule has 0 saturated carbocycles. The molecule has 0 aliphatic heterocycles. The first-order valence-corrected chi connectivity index (χ1v) is 4.51. The number of para-hydroxylation sites is 1. The summed E-state index contributed by atoms with van der Waals surface area (Å²) in [7, 11) is 0. The molecular formula is C11H9F2NO2. The molecule has 1 aromatic rings. The van der Waals surface area contributed by atoms with E-state index in [0.29, 0.717) is 5.56 Å². The third kappa shape index (κ3) is 3.02. The SMILES string of the molecule is CC(=O)Cc1cccc(C#N)c1OC(F)F. The lowest BCUT2D eigenvalue weighted by Crippen LogP contribution is -2.08. The number of halogens is 2. The highest BCUT2D eigenvalue weighted by molar-refractivity contribution is 5.79. The summed E-state index contributed by atoms with van der Waals surface area (Å²) in [5, 5.41) is 8.73. The predicted octanol–water partition coefficient (Wildman–Crippen LogP) is 2.29. The Hall–Kier alpha value is -1.96. The van der Waals surface area contributed by atoms with Crippen LogP contribution in [0, 0.1) is 11.3 Å². The van der Waals surface area contributed by atoms with E-state index < -0.39 is 6.61 Å². The molecule has 16 heavy (non-hydrogen) atoms. The van der Waals surface area contributed by atoms with E-state index in [-0.39, 0.29) is 23.5 Å². The van der Waals surface area contributed by atoms with Gasteiger partial charge in [0, 0.05) is 12.0 Å². The second-order valence-electron chi connectivity index (χ2n) is 3.16. The van der Waals surface area contributed by atoms with Crippen LogP contribution in [-0.4, -0.2) is 12.4 Å². The molecule has 0 radical (unpaired) electrons. The van der Waals surface area contributed by atoms with Crippen molar-refractivity contribution in [3.05, 3.63) is 29.3 Å². The molecule has 1 aromatic carbocycles. The van der Waals surface area contributed by atoms with Gasteiger partial charge in [-0.05, 0) is 13.0 Å². The molecule has 0 atom stereocenters. The number of nitriles is 1. The lowest BCUT2D eigenvalue weighted by Gasteiger charge is -2.10. The van der Waals surface area contributed by atoms with Crippen molar-refractivity contribution in [2.45, 2.75) is 20.0 Å². The third-order valence-corrected chi connectivity index (χ3v) is 1.86. The molecule has 0 aliphatic carbocycles. The minimum absolute atomic E-state index is 0.000880. The number of ketones is 1. The number of rotatable bonds is 4. The molecule has 3 nitrogen and oxygen atoms in total. The Morgan fingerprint density at radius 1 is 1.56 bits per heavy atom. The van der Waals surface area contributed by atoms with Gasteiger partial charge in [-0.15, -0.1) is 0 Å². The van der Waals surface area contributed by atoms with Gasteiger partial charge in [-0.3, -0.25) is 4.79 Å². The zero-order valence-corrected chi connectivity index (χ0v) is 8.54. The number of ether oxygens (including phenoxy) is 1. The highest BCUT2D eigenvalue weighted by atomic mass is 19.3. The molecule has 0 aromatic heterocycles. The summed E-state index contributed by atoms with van der Waals surface area (Å²) >= 11 is 0. The molecule has 0 fully saturated rings. The summed E-state index contributed by atoms with van der Waals surface area (Å²) in [5.74, 6) is -0.399. The number of nitrogens with zero attached hydrogens (tertiary/aromatic N) is 1. The number of carbonyl (C=O) groups excluding carboxylic acids is 1. The molecule has 0 spiro atoms. The first kappa shape index (κ1) is 12.1. The van der Waals surface area contributed by atoms with Crippen LogP contribution in [0.2, 0.25) is 0 Å². The van der Waals surface area contributed by atoms with Crippen molar-refractivity contribution in [1.82, 2.24) is 0 Å². The Balaban J connectivity index is 3.16. The van der Waals surface area contributed by atoms with E-state index in [1.54, 1.807) is 6.07 Å². The van der Waals surface area contributed by atoms with Gasteiger partial charge >= 0.3 is 6.61 Å². The molecule has 0 amide bonds. The maximum absolute atomic E-state index is 12.1. The van der Waals surface area contributed by atoms with E-state index >= 15 is 0 Å². The van der Waals surface area contributed by atoms with Crippen LogP contribution < -0.4 is 4.74 Å². The molecule has 5 heteroatoms. The Morgan fingerprint density at radius 2 is 2.25 bits per heavy atom. The predicted molar refractivity (Wildman–Crippen MR) is 52.2 cm³/mol. The van der Waals surface area contributed by atoms with Crippen molar-refractivity contribution < 1.29 is 18.3 Å². The van der Waals surface area contributed by atoms with Gasteiger partial charge in [0.15, 0.2) is 0 Å². The first-order valence-electron chi connectivity index (χ1n) is 4.51. The van der Waals surface area contributed by atoms with Crippen LogP contribution in [0.5, 0.6) is 5.75 Å². The average Bonchev–Trinajstić information content (AvgIpc) is 2.19. The van der Waals surface area contributed by atoms with Gasteiger partial charge in [0.05, 0.1) is 5.56 Å². The van der Waals surface area contributed by atoms with E-state index in [9.17, 15) is 13.6 Å². The van der Waals surface area contributed by atoms with Crippen LogP contribution in [0.1, 0.15) is 18.1 Å². The monoisotopic (exact) mass is 225 g/mol. The molecule has 0 bridgehead atoms. The van der Waals surface area contributed by atoms with Gasteiger partial charge in [0.2, 0.25) is 0 Å². The van der Waals surface area contributed by atoms with Crippen molar-refractivity contribution in [2.75, 3.05) is 0 Å². The van der Waals surface area contributed by atoms with E-state index in [2.05, 4.69) is 4.74 Å². The summed E-state index contributed by atoms with van der Waals surface area (Å²) in [4.78, 5) is 10.9. The highest BCUT2D eigenvalue weighted by Crippen LogP contribution is 2.25. The van der Waals surface area contributed by atoms with Crippen LogP contribution in [0.25, 0.3) is 0 Å². The summed E-state index contributed by atoms with van der Waals surface area (Å²) < 4.78 is 28.5. The fourth-order valence-electron chi connectivity index (χ4n) is 1.31. The van der Waals surface area contributed by atoms with Gasteiger partial charge in [-0.2, -0.15) is 14.0 Å². The highest BCUT2D eigenvalue weighted by Gasteiger charge is 2.15. The molecule has 0 heterocycles. The van der Waals surface area contributed by atoms with E-state index in [1.165, 1.54) is 25.1 Å². The Kier molecular flexibility index (Phi) is 3.95. The largest absolute Gasteiger partial charge is 0.433 e. The van der Waals surface area contributed by atoms with Gasteiger partial charge < -0.3 is 4.74 Å². The smallest absolute Gasteiger partial charge is 0.387 e. The van der Waals surface area contributed by atoms with Crippen molar-refractivity contribution in [2.24, 2.45) is 0 Å². The zero-order chi connectivity index (χ0) is 12.1. The quantitative estimate of drug-likeness (QED) is 0.789. The fraction of sp³-hybridized carbons (Fsp3) is 0.273. The molecule has 0 saturated heterocycles. The Labute approximate surface area is 91.3 Å². The summed E-state index contributed by atoms with van der Waals surface area (Å²) in [5.41, 5.74) is 0.297. The Morgan fingerprint density at radius 3 is 2.75 bits per heavy atom. The minimum Gasteiger partial charge on any atom is -0.433 e. The normalized spacial score (nSPS) is 9.94. The van der Waals surface area contributed by atoms with E-state index in [1.807, 2.05) is 0 Å². The number of alkyl halides is 2. The zero-order valence-electron chi connectivity index (χ0n) is 8.54. The molecule has 0 unspecified atom stereocenters. The third-order valence-electron chi connectivity index (χ3n) is 1.86. The molecule has 1 rings (SSSR count). The molecule has 0 N–H and O–H groups in total. The van der Waals surface area contributed by atoms with Crippen LogP contribution >= 0.6 is 0 Å². The van der Waals surface area contributed by atoms with Crippen LogP contribution in [0.15, 0.2) is 18.2 Å². The summed E-state index contributed by atoms with van der Waals surface area (Å²) in [6.07, 6.45) is -0.0302. The van der Waals surface area contributed by atoms with Crippen molar-refractivity contribution >= 4 is 5.78 Å². The van der Waals surface area contributed by atoms with E-state index in [0.717, 1.165) is 0 Å².